The van der Waals surface area contributed by atoms with Crippen LogP contribution in [0.4, 0.5) is 0 Å². The first-order chi connectivity index (χ1) is 13.2. The summed E-state index contributed by atoms with van der Waals surface area (Å²) in [5, 5.41) is 0.978. The molecule has 2 amide bonds. The largest absolute Gasteiger partial charge is 0.285 e. The van der Waals surface area contributed by atoms with Crippen LogP contribution in [0.1, 0.15) is 72.9 Å². The van der Waals surface area contributed by atoms with Crippen molar-refractivity contribution in [2.24, 2.45) is 0 Å². The zero-order chi connectivity index (χ0) is 19.1. The third-order valence-corrected chi connectivity index (χ3v) is 5.05. The van der Waals surface area contributed by atoms with Crippen LogP contribution >= 0.6 is 0 Å². The van der Waals surface area contributed by atoms with Crippen molar-refractivity contribution in [1.82, 2.24) is 5.06 Å². The van der Waals surface area contributed by atoms with E-state index >= 15 is 0 Å². The average molecular weight is 365 g/mol. The van der Waals surface area contributed by atoms with Gasteiger partial charge in [-0.3, -0.25) is 14.4 Å². The summed E-state index contributed by atoms with van der Waals surface area (Å²) in [5.41, 5.74) is 2.33. The lowest BCUT2D eigenvalue weighted by molar-refractivity contribution is -0.176. The fourth-order valence-electron chi connectivity index (χ4n) is 3.55. The van der Waals surface area contributed by atoms with Crippen molar-refractivity contribution >= 4 is 11.8 Å². The molecule has 142 valence electrons. The molecule has 1 aliphatic heterocycles. The van der Waals surface area contributed by atoms with Crippen LogP contribution in [0.15, 0.2) is 54.6 Å². The Morgan fingerprint density at radius 1 is 0.889 bits per heavy atom. The number of carbonyl (C=O) groups excluding carboxylic acids is 2. The molecular weight excluding hydrogens is 338 g/mol. The molecule has 1 atom stereocenters. The summed E-state index contributed by atoms with van der Waals surface area (Å²) < 4.78 is 0. The second kappa shape index (κ2) is 9.47. The molecule has 0 saturated heterocycles. The van der Waals surface area contributed by atoms with Crippen LogP contribution in [-0.4, -0.2) is 16.9 Å². The minimum atomic E-state index is -0.367. The Hall–Kier alpha value is -2.46. The topological polar surface area (TPSA) is 46.6 Å². The Balaban J connectivity index is 1.73. The first-order valence-corrected chi connectivity index (χ1v) is 9.86. The lowest BCUT2D eigenvalue weighted by Gasteiger charge is -2.31. The van der Waals surface area contributed by atoms with E-state index in [0.29, 0.717) is 5.56 Å². The number of hydrogen-bond acceptors (Lipinski definition) is 3. The normalized spacial score (nSPS) is 16.5. The van der Waals surface area contributed by atoms with Crippen LogP contribution in [-0.2, 0) is 16.2 Å². The van der Waals surface area contributed by atoms with Crippen molar-refractivity contribution in [3.8, 4) is 0 Å². The second-order valence-electron chi connectivity index (χ2n) is 7.04. The van der Waals surface area contributed by atoms with E-state index in [2.05, 4.69) is 6.92 Å². The number of nitrogens with zero attached hydrogens (tertiary/aromatic N) is 1. The highest BCUT2D eigenvalue weighted by atomic mass is 16.7. The predicted molar refractivity (Wildman–Crippen MR) is 105 cm³/mol. The van der Waals surface area contributed by atoms with E-state index < -0.39 is 0 Å². The molecule has 2 aromatic carbocycles. The third kappa shape index (κ3) is 4.64. The molecule has 0 saturated carbocycles. The minimum absolute atomic E-state index is 0.198. The van der Waals surface area contributed by atoms with E-state index in [4.69, 9.17) is 4.84 Å². The van der Waals surface area contributed by atoms with Crippen molar-refractivity contribution in [1.29, 1.82) is 0 Å². The summed E-state index contributed by atoms with van der Waals surface area (Å²) >= 11 is 0. The first kappa shape index (κ1) is 19.3. The van der Waals surface area contributed by atoms with Gasteiger partial charge in [-0.1, -0.05) is 87.6 Å². The molecule has 0 spiro atoms. The quantitative estimate of drug-likeness (QED) is 0.451. The smallest absolute Gasteiger partial charge is 0.271 e. The number of carbonyl (C=O) groups is 2. The summed E-state index contributed by atoms with van der Waals surface area (Å²) in [6, 6.07) is 17.0. The number of amides is 2. The van der Waals surface area contributed by atoms with Crippen molar-refractivity contribution in [3.63, 3.8) is 0 Å². The van der Waals surface area contributed by atoms with Crippen LogP contribution in [0.5, 0.6) is 0 Å². The average Bonchev–Trinajstić information content (AvgIpc) is 2.71. The molecule has 27 heavy (non-hydrogen) atoms. The van der Waals surface area contributed by atoms with E-state index in [1.807, 2.05) is 48.5 Å². The Morgan fingerprint density at radius 2 is 1.59 bits per heavy atom. The van der Waals surface area contributed by atoms with Gasteiger partial charge in [0.2, 0.25) is 0 Å². The highest BCUT2D eigenvalue weighted by molar-refractivity contribution is 6.10. The second-order valence-corrected chi connectivity index (χ2v) is 7.04. The third-order valence-electron chi connectivity index (χ3n) is 5.05. The fraction of sp³-hybridized carbons (Fsp3) is 0.391. The molecule has 0 aliphatic carbocycles. The lowest BCUT2D eigenvalue weighted by atomic mass is 9.85. The van der Waals surface area contributed by atoms with E-state index in [-0.39, 0.29) is 24.3 Å². The zero-order valence-electron chi connectivity index (χ0n) is 15.9. The first-order valence-electron chi connectivity index (χ1n) is 9.86. The monoisotopic (exact) mass is 365 g/mol. The molecule has 1 unspecified atom stereocenters. The van der Waals surface area contributed by atoms with Gasteiger partial charge in [-0.25, -0.2) is 0 Å². The summed E-state index contributed by atoms with van der Waals surface area (Å²) in [7, 11) is 0. The van der Waals surface area contributed by atoms with Crippen LogP contribution in [0.25, 0.3) is 0 Å². The van der Waals surface area contributed by atoms with E-state index in [1.54, 1.807) is 6.07 Å². The van der Waals surface area contributed by atoms with Crippen molar-refractivity contribution < 1.29 is 14.4 Å². The number of fused-ring (bicyclic) bond motifs is 1. The lowest BCUT2D eigenvalue weighted by Crippen LogP contribution is -2.44. The molecule has 1 heterocycles. The van der Waals surface area contributed by atoms with E-state index in [9.17, 15) is 9.59 Å². The minimum Gasteiger partial charge on any atom is -0.271 e. The summed E-state index contributed by atoms with van der Waals surface area (Å²) in [6.07, 6.45) is 6.44. The van der Waals surface area contributed by atoms with Gasteiger partial charge in [-0.05, 0) is 23.6 Å². The predicted octanol–water partition coefficient (Wildman–Crippen LogP) is 5.24. The van der Waals surface area contributed by atoms with Crippen LogP contribution in [0.2, 0.25) is 0 Å². The fourth-order valence-corrected chi connectivity index (χ4v) is 3.55. The Kier molecular flexibility index (Phi) is 6.77. The van der Waals surface area contributed by atoms with Gasteiger partial charge in [-0.2, -0.15) is 0 Å². The van der Waals surface area contributed by atoms with Gasteiger partial charge in [0.25, 0.3) is 11.8 Å². The van der Waals surface area contributed by atoms with Crippen molar-refractivity contribution in [2.75, 3.05) is 0 Å². The maximum atomic E-state index is 13.0. The van der Waals surface area contributed by atoms with Gasteiger partial charge in [-0.15, -0.1) is 5.06 Å². The standard InChI is InChI=1S/C23H27NO3/c1-2-3-4-5-9-15-20-19-14-10-11-16-21(19)23(26)24(22(20)25)27-17-18-12-7-6-8-13-18/h6-8,10-14,16,20H,2-5,9,15,17H2,1H3. The molecule has 4 nitrogen and oxygen atoms in total. The van der Waals surface area contributed by atoms with Crippen molar-refractivity contribution in [2.45, 2.75) is 58.0 Å². The number of imide groups is 1. The van der Waals surface area contributed by atoms with Crippen LogP contribution in [0, 0.1) is 0 Å². The Morgan fingerprint density at radius 3 is 2.37 bits per heavy atom. The van der Waals surface area contributed by atoms with Gasteiger partial charge in [0.15, 0.2) is 0 Å². The van der Waals surface area contributed by atoms with Crippen LogP contribution in [0.3, 0.4) is 0 Å². The Labute approximate surface area is 161 Å². The number of rotatable bonds is 9. The summed E-state index contributed by atoms with van der Waals surface area (Å²) in [4.78, 5) is 31.5. The maximum Gasteiger partial charge on any atom is 0.285 e. The number of hydrogen-bond donors (Lipinski definition) is 0. The van der Waals surface area contributed by atoms with E-state index in [0.717, 1.165) is 35.5 Å². The zero-order valence-corrected chi connectivity index (χ0v) is 15.9. The summed E-state index contributed by atoms with van der Waals surface area (Å²) in [5.74, 6) is -0.921. The Bertz CT molecular complexity index is 772. The van der Waals surface area contributed by atoms with Gasteiger partial charge in [0.1, 0.15) is 6.61 Å². The molecule has 0 fully saturated rings. The van der Waals surface area contributed by atoms with Gasteiger partial charge in [0, 0.05) is 5.56 Å². The maximum absolute atomic E-state index is 13.0. The number of benzene rings is 2. The molecule has 2 aromatic rings. The molecule has 1 aliphatic rings. The van der Waals surface area contributed by atoms with Crippen LogP contribution < -0.4 is 0 Å². The molecule has 0 aromatic heterocycles. The number of hydroxylamine groups is 2. The molecule has 0 radical (unpaired) electrons. The van der Waals surface area contributed by atoms with Gasteiger partial charge in [0.05, 0.1) is 5.92 Å². The SMILES string of the molecule is CCCCCCCC1C(=O)N(OCc2ccccc2)C(=O)c2ccccc21. The molecule has 0 bridgehead atoms. The molecule has 0 N–H and O–H groups in total. The highest BCUT2D eigenvalue weighted by Gasteiger charge is 2.39. The van der Waals surface area contributed by atoms with Gasteiger partial charge < -0.3 is 0 Å². The molecule has 3 rings (SSSR count). The summed E-state index contributed by atoms with van der Waals surface area (Å²) in [6.45, 7) is 2.39. The molecular formula is C23H27NO3. The van der Waals surface area contributed by atoms with Gasteiger partial charge >= 0.3 is 0 Å². The molecule has 4 heteroatoms. The highest BCUT2D eigenvalue weighted by Crippen LogP contribution is 2.33. The van der Waals surface area contributed by atoms with Crippen molar-refractivity contribution in [3.05, 3.63) is 71.3 Å². The van der Waals surface area contributed by atoms with E-state index in [1.165, 1.54) is 19.3 Å². The number of unbranched alkanes of at least 4 members (excludes halogenated alkanes) is 4.